The van der Waals surface area contributed by atoms with Crippen molar-refractivity contribution >= 4 is 30.2 Å². The van der Waals surface area contributed by atoms with E-state index in [4.69, 9.17) is 0 Å². The summed E-state index contributed by atoms with van der Waals surface area (Å²) in [7, 11) is 0. The maximum atomic E-state index is 12.6. The number of hydrogen-bond acceptors (Lipinski definition) is 3. The zero-order valence-electron chi connectivity index (χ0n) is 11.9. The molecule has 0 radical (unpaired) electrons. The highest BCUT2D eigenvalue weighted by Gasteiger charge is 2.29. The van der Waals surface area contributed by atoms with Crippen LogP contribution in [0, 0.1) is 6.92 Å². The van der Waals surface area contributed by atoms with Gasteiger partial charge in [0.15, 0.2) is 5.78 Å². The van der Waals surface area contributed by atoms with Crippen LogP contribution in [0.2, 0.25) is 0 Å². The number of carbonyl (C=O) groups excluding carboxylic acids is 1. The monoisotopic (exact) mass is 302 g/mol. The molecule has 0 aliphatic heterocycles. The molecule has 2 aromatic carbocycles. The summed E-state index contributed by atoms with van der Waals surface area (Å²) < 4.78 is -0.493. The predicted octanol–water partition coefficient (Wildman–Crippen LogP) is 5.04. The zero-order valence-corrected chi connectivity index (χ0v) is 13.6. The first-order chi connectivity index (χ1) is 9.38. The van der Waals surface area contributed by atoms with Crippen LogP contribution in [0.4, 0.5) is 0 Å². The molecule has 0 atom stereocenters. The molecule has 0 fully saturated rings. The lowest BCUT2D eigenvalue weighted by Crippen LogP contribution is -2.27. The number of carbonyl (C=O) groups is 1. The molecule has 3 heteroatoms. The van der Waals surface area contributed by atoms with Crippen LogP contribution in [0.15, 0.2) is 58.3 Å². The third kappa shape index (κ3) is 3.68. The van der Waals surface area contributed by atoms with Crippen LogP contribution in [0.3, 0.4) is 0 Å². The van der Waals surface area contributed by atoms with E-state index in [1.165, 1.54) is 5.56 Å². The Morgan fingerprint density at radius 1 is 1.00 bits per heavy atom. The van der Waals surface area contributed by atoms with Gasteiger partial charge >= 0.3 is 0 Å². The van der Waals surface area contributed by atoms with Gasteiger partial charge in [0.2, 0.25) is 0 Å². The quantitative estimate of drug-likeness (QED) is 0.484. The second-order valence-electron chi connectivity index (χ2n) is 5.30. The third-order valence-electron chi connectivity index (χ3n) is 3.07. The molecular formula is C17H18OS2. The largest absolute Gasteiger partial charge is 0.293 e. The van der Waals surface area contributed by atoms with E-state index >= 15 is 0 Å². The number of Topliss-reactive ketones (excluding diaryl/α,β-unsaturated/α-hetero) is 1. The van der Waals surface area contributed by atoms with Gasteiger partial charge in [-0.1, -0.05) is 29.8 Å². The highest BCUT2D eigenvalue weighted by Crippen LogP contribution is 2.35. The minimum Gasteiger partial charge on any atom is -0.293 e. The molecular weight excluding hydrogens is 284 g/mol. The van der Waals surface area contributed by atoms with Gasteiger partial charge in [0, 0.05) is 15.4 Å². The second-order valence-corrected chi connectivity index (χ2v) is 7.51. The normalized spacial score (nSPS) is 11.4. The van der Waals surface area contributed by atoms with Crippen molar-refractivity contribution in [2.45, 2.75) is 35.3 Å². The van der Waals surface area contributed by atoms with E-state index in [0.29, 0.717) is 0 Å². The lowest BCUT2D eigenvalue weighted by atomic mass is 10.0. The van der Waals surface area contributed by atoms with Gasteiger partial charge in [0.25, 0.3) is 0 Å². The molecule has 104 valence electrons. The first-order valence-corrected chi connectivity index (χ1v) is 7.74. The van der Waals surface area contributed by atoms with E-state index in [0.717, 1.165) is 15.4 Å². The number of hydrogen-bond donors (Lipinski definition) is 1. The van der Waals surface area contributed by atoms with Crippen molar-refractivity contribution in [3.05, 3.63) is 59.7 Å². The van der Waals surface area contributed by atoms with Crippen molar-refractivity contribution < 1.29 is 4.79 Å². The van der Waals surface area contributed by atoms with E-state index in [9.17, 15) is 4.79 Å². The zero-order chi connectivity index (χ0) is 14.8. The van der Waals surface area contributed by atoms with Crippen molar-refractivity contribution in [2.24, 2.45) is 0 Å². The molecule has 2 aromatic rings. The Balaban J connectivity index is 2.18. The van der Waals surface area contributed by atoms with Crippen LogP contribution in [0.1, 0.15) is 29.8 Å². The Morgan fingerprint density at radius 2 is 1.55 bits per heavy atom. The number of thiol groups is 1. The van der Waals surface area contributed by atoms with Crippen LogP contribution in [-0.4, -0.2) is 10.5 Å². The maximum absolute atomic E-state index is 12.6. The predicted molar refractivity (Wildman–Crippen MR) is 89.1 cm³/mol. The van der Waals surface area contributed by atoms with Gasteiger partial charge in [-0.2, -0.15) is 0 Å². The van der Waals surface area contributed by atoms with Gasteiger partial charge in [0.1, 0.15) is 0 Å². The smallest absolute Gasteiger partial charge is 0.178 e. The van der Waals surface area contributed by atoms with E-state index in [1.54, 1.807) is 11.8 Å². The molecule has 0 saturated carbocycles. The molecule has 0 unspecified atom stereocenters. The summed E-state index contributed by atoms with van der Waals surface area (Å²) in [4.78, 5) is 14.6. The summed E-state index contributed by atoms with van der Waals surface area (Å²) in [5.41, 5.74) is 1.95. The van der Waals surface area contributed by atoms with Gasteiger partial charge < -0.3 is 0 Å². The summed E-state index contributed by atoms with van der Waals surface area (Å²) in [6.45, 7) is 5.99. The van der Waals surface area contributed by atoms with E-state index in [-0.39, 0.29) is 5.78 Å². The minimum atomic E-state index is -0.493. The van der Waals surface area contributed by atoms with Crippen LogP contribution < -0.4 is 0 Å². The Bertz CT molecular complexity index is 598. The fourth-order valence-corrected chi connectivity index (χ4v) is 3.13. The molecule has 0 aliphatic rings. The first-order valence-electron chi connectivity index (χ1n) is 6.48. The third-order valence-corrected chi connectivity index (χ3v) is 4.57. The van der Waals surface area contributed by atoms with Gasteiger partial charge in [-0.25, -0.2) is 0 Å². The first kappa shape index (κ1) is 15.2. The number of benzene rings is 2. The lowest BCUT2D eigenvalue weighted by molar-refractivity contribution is 0.0958. The Labute approximate surface area is 130 Å². The lowest BCUT2D eigenvalue weighted by Gasteiger charge is -2.22. The molecule has 0 heterocycles. The summed E-state index contributed by atoms with van der Waals surface area (Å²) in [6.07, 6.45) is 0. The van der Waals surface area contributed by atoms with Crippen LogP contribution in [0.25, 0.3) is 0 Å². The van der Waals surface area contributed by atoms with Crippen LogP contribution in [-0.2, 0) is 0 Å². The molecule has 0 spiro atoms. The minimum absolute atomic E-state index is 0.136. The Kier molecular flexibility index (Phi) is 4.61. The summed E-state index contributed by atoms with van der Waals surface area (Å²) >= 11 is 5.84. The fourth-order valence-electron chi connectivity index (χ4n) is 1.91. The van der Waals surface area contributed by atoms with E-state index in [1.807, 2.05) is 38.1 Å². The fraction of sp³-hybridized carbons (Fsp3) is 0.235. The molecule has 0 bridgehead atoms. The van der Waals surface area contributed by atoms with Crippen molar-refractivity contribution in [3.63, 3.8) is 0 Å². The van der Waals surface area contributed by atoms with Crippen molar-refractivity contribution in [1.29, 1.82) is 0 Å². The summed E-state index contributed by atoms with van der Waals surface area (Å²) in [6, 6.07) is 15.6. The Hall–Kier alpha value is -1.19. The molecule has 0 saturated heterocycles. The molecule has 0 N–H and O–H groups in total. The van der Waals surface area contributed by atoms with Crippen LogP contribution in [0.5, 0.6) is 0 Å². The van der Waals surface area contributed by atoms with Crippen molar-refractivity contribution in [2.75, 3.05) is 0 Å². The van der Waals surface area contributed by atoms with Gasteiger partial charge in [0.05, 0.1) is 4.75 Å². The molecule has 1 nitrogen and oxygen atoms in total. The van der Waals surface area contributed by atoms with Gasteiger partial charge in [-0.05, 0) is 45.0 Å². The van der Waals surface area contributed by atoms with E-state index < -0.39 is 4.75 Å². The SMILES string of the molecule is Cc1ccc(SC(C)(C)C(=O)c2ccc(S)cc2)cc1. The molecule has 2 rings (SSSR count). The summed E-state index contributed by atoms with van der Waals surface area (Å²) in [5, 5.41) is 0. The standard InChI is InChI=1S/C17H18OS2/c1-12-4-10-15(11-5-12)20-17(2,3)16(18)13-6-8-14(19)9-7-13/h4-11,19H,1-3H3. The van der Waals surface area contributed by atoms with E-state index in [2.05, 4.69) is 43.8 Å². The number of ketones is 1. The highest BCUT2D eigenvalue weighted by atomic mass is 32.2. The van der Waals surface area contributed by atoms with Crippen molar-refractivity contribution in [1.82, 2.24) is 0 Å². The maximum Gasteiger partial charge on any atom is 0.178 e. The highest BCUT2D eigenvalue weighted by molar-refractivity contribution is 8.01. The average molecular weight is 302 g/mol. The average Bonchev–Trinajstić information content (AvgIpc) is 2.41. The van der Waals surface area contributed by atoms with Crippen molar-refractivity contribution in [3.8, 4) is 0 Å². The number of aryl methyl sites for hydroxylation is 1. The molecule has 0 amide bonds. The van der Waals surface area contributed by atoms with Gasteiger partial charge in [-0.3, -0.25) is 4.79 Å². The molecule has 0 aromatic heterocycles. The molecule has 20 heavy (non-hydrogen) atoms. The number of thioether (sulfide) groups is 1. The molecule has 0 aliphatic carbocycles. The summed E-state index contributed by atoms with van der Waals surface area (Å²) in [5.74, 6) is 0.136. The second kappa shape index (κ2) is 6.06. The van der Waals surface area contributed by atoms with Crippen LogP contribution >= 0.6 is 24.4 Å². The van der Waals surface area contributed by atoms with Gasteiger partial charge in [-0.15, -0.1) is 24.4 Å². The number of rotatable bonds is 4. The Morgan fingerprint density at radius 3 is 2.10 bits per heavy atom. The topological polar surface area (TPSA) is 17.1 Å².